The molecule has 0 heterocycles. The number of nitrogens with zero attached hydrogens (tertiary/aromatic N) is 1. The van der Waals surface area contributed by atoms with E-state index >= 15 is 0 Å². The molecule has 0 aromatic heterocycles. The van der Waals surface area contributed by atoms with Crippen LogP contribution in [0.4, 0.5) is 11.4 Å². The topological polar surface area (TPSA) is 69.2 Å². The van der Waals surface area contributed by atoms with Crippen LogP contribution in [0.1, 0.15) is 0 Å². The van der Waals surface area contributed by atoms with Crippen molar-refractivity contribution in [3.8, 4) is 0 Å². The van der Waals surface area contributed by atoms with Crippen LogP contribution in [-0.2, 0) is 0 Å². The highest BCUT2D eigenvalue weighted by molar-refractivity contribution is 6.52. The molecule has 0 spiro atoms. The first-order valence-electron chi connectivity index (χ1n) is 3.68. The van der Waals surface area contributed by atoms with Gasteiger partial charge in [0.25, 0.3) is 5.69 Å². The number of hydrogen-bond acceptors (Lipinski definition) is 3. The van der Waals surface area contributed by atoms with E-state index in [-0.39, 0.29) is 11.4 Å². The molecule has 62 valence electrons. The number of nitro groups is 1. The molecule has 0 amide bonds. The minimum absolute atomic E-state index is 0.00523. The molecular formula is C7H9BN2O2. The van der Waals surface area contributed by atoms with Crippen LogP contribution in [0.2, 0.25) is 6.82 Å². The first-order valence-corrected chi connectivity index (χ1v) is 3.68. The molecule has 1 aromatic rings. The van der Waals surface area contributed by atoms with Gasteiger partial charge in [0.2, 0.25) is 0 Å². The first-order chi connectivity index (χ1) is 5.65. The number of rotatable bonds is 2. The van der Waals surface area contributed by atoms with E-state index in [0.717, 1.165) is 12.7 Å². The van der Waals surface area contributed by atoms with E-state index < -0.39 is 4.92 Å². The Balaban J connectivity index is 3.17. The van der Waals surface area contributed by atoms with Gasteiger partial charge in [-0.2, -0.15) is 0 Å². The number of benzene rings is 1. The minimum Gasteiger partial charge on any atom is -0.393 e. The van der Waals surface area contributed by atoms with E-state index in [4.69, 9.17) is 5.73 Å². The van der Waals surface area contributed by atoms with E-state index in [1.807, 2.05) is 6.82 Å². The zero-order valence-corrected chi connectivity index (χ0v) is 6.78. The molecule has 5 heteroatoms. The summed E-state index contributed by atoms with van der Waals surface area (Å²) in [6, 6.07) is 4.87. The van der Waals surface area contributed by atoms with Crippen molar-refractivity contribution < 1.29 is 4.92 Å². The van der Waals surface area contributed by atoms with Gasteiger partial charge in [-0.05, 0) is 6.07 Å². The molecule has 0 atom stereocenters. The smallest absolute Gasteiger partial charge is 0.291 e. The summed E-state index contributed by atoms with van der Waals surface area (Å²) in [6.07, 6.45) is 0. The van der Waals surface area contributed by atoms with Gasteiger partial charge in [-0.1, -0.05) is 18.4 Å². The van der Waals surface area contributed by atoms with Gasteiger partial charge in [-0.3, -0.25) is 10.1 Å². The average Bonchev–Trinajstić information content (AvgIpc) is 2.05. The number of nitrogen functional groups attached to an aromatic ring is 1. The van der Waals surface area contributed by atoms with Crippen molar-refractivity contribution in [2.45, 2.75) is 6.82 Å². The molecule has 1 rings (SSSR count). The van der Waals surface area contributed by atoms with Crippen molar-refractivity contribution in [3.63, 3.8) is 0 Å². The second-order valence-corrected chi connectivity index (χ2v) is 2.50. The zero-order chi connectivity index (χ0) is 9.14. The van der Waals surface area contributed by atoms with Crippen molar-refractivity contribution >= 4 is 24.1 Å². The van der Waals surface area contributed by atoms with Crippen LogP contribution in [0, 0.1) is 10.1 Å². The molecule has 0 aliphatic heterocycles. The van der Waals surface area contributed by atoms with Crippen molar-refractivity contribution in [2.75, 3.05) is 5.73 Å². The third-order valence-electron chi connectivity index (χ3n) is 1.70. The fourth-order valence-electron chi connectivity index (χ4n) is 0.967. The number of anilines is 1. The second kappa shape index (κ2) is 3.25. The van der Waals surface area contributed by atoms with E-state index in [1.165, 1.54) is 6.07 Å². The average molecular weight is 164 g/mol. The lowest BCUT2D eigenvalue weighted by Crippen LogP contribution is -2.11. The summed E-state index contributed by atoms with van der Waals surface area (Å²) in [5, 5.41) is 10.4. The fourth-order valence-corrected chi connectivity index (χ4v) is 0.967. The molecule has 2 N–H and O–H groups in total. The molecule has 0 saturated carbocycles. The summed E-state index contributed by atoms with van der Waals surface area (Å²) in [4.78, 5) is 9.95. The Morgan fingerprint density at radius 1 is 1.58 bits per heavy atom. The van der Waals surface area contributed by atoms with Gasteiger partial charge in [0, 0.05) is 6.07 Å². The number of nitro benzene ring substituents is 1. The van der Waals surface area contributed by atoms with Gasteiger partial charge in [-0.15, -0.1) is 0 Å². The van der Waals surface area contributed by atoms with Crippen LogP contribution in [0.5, 0.6) is 0 Å². The van der Waals surface area contributed by atoms with Gasteiger partial charge in [-0.25, -0.2) is 0 Å². The highest BCUT2D eigenvalue weighted by atomic mass is 16.6. The summed E-state index contributed by atoms with van der Waals surface area (Å²) < 4.78 is 0. The van der Waals surface area contributed by atoms with Crippen molar-refractivity contribution in [1.29, 1.82) is 0 Å². The maximum absolute atomic E-state index is 10.4. The highest BCUT2D eigenvalue weighted by Gasteiger charge is 2.10. The third kappa shape index (κ3) is 1.55. The molecule has 0 radical (unpaired) electrons. The molecule has 0 saturated heterocycles. The predicted molar refractivity (Wildman–Crippen MR) is 50.2 cm³/mol. The summed E-state index contributed by atoms with van der Waals surface area (Å²) in [7, 11) is 0.779. The molecule has 0 bridgehead atoms. The van der Waals surface area contributed by atoms with E-state index in [1.54, 1.807) is 12.1 Å². The molecule has 4 nitrogen and oxygen atoms in total. The van der Waals surface area contributed by atoms with Crippen LogP contribution >= 0.6 is 0 Å². The molecule has 0 aliphatic carbocycles. The van der Waals surface area contributed by atoms with E-state index in [0.29, 0.717) is 0 Å². The zero-order valence-electron chi connectivity index (χ0n) is 6.78. The first kappa shape index (κ1) is 8.58. The number of hydrogen-bond donors (Lipinski definition) is 1. The standard InChI is InChI=1S/C7H9BN2O2/c1-8-5-2-3-6(9)7(4-5)10(11)12/h2-4,8H,9H2,1H3. The Morgan fingerprint density at radius 2 is 2.25 bits per heavy atom. The molecular weight excluding hydrogens is 155 g/mol. The summed E-state index contributed by atoms with van der Waals surface area (Å²) >= 11 is 0. The third-order valence-corrected chi connectivity index (χ3v) is 1.70. The second-order valence-electron chi connectivity index (χ2n) is 2.50. The van der Waals surface area contributed by atoms with Gasteiger partial charge in [0.15, 0.2) is 7.28 Å². The van der Waals surface area contributed by atoms with Gasteiger partial charge < -0.3 is 5.73 Å². The Bertz CT molecular complexity index is 314. The van der Waals surface area contributed by atoms with Crippen LogP contribution in [-0.4, -0.2) is 12.2 Å². The monoisotopic (exact) mass is 164 g/mol. The van der Waals surface area contributed by atoms with Crippen LogP contribution < -0.4 is 11.2 Å². The maximum atomic E-state index is 10.4. The van der Waals surface area contributed by atoms with E-state index in [2.05, 4.69) is 0 Å². The highest BCUT2D eigenvalue weighted by Crippen LogP contribution is 2.17. The van der Waals surface area contributed by atoms with Crippen LogP contribution in [0.3, 0.4) is 0 Å². The Morgan fingerprint density at radius 3 is 2.75 bits per heavy atom. The van der Waals surface area contributed by atoms with Gasteiger partial charge in [0.05, 0.1) is 4.92 Å². The van der Waals surface area contributed by atoms with Crippen molar-refractivity contribution in [2.24, 2.45) is 0 Å². The summed E-state index contributed by atoms with van der Waals surface area (Å²) in [6.45, 7) is 1.94. The fraction of sp³-hybridized carbons (Fsp3) is 0.143. The molecule has 12 heavy (non-hydrogen) atoms. The quantitative estimate of drug-likeness (QED) is 0.295. The molecule has 0 aliphatic rings. The van der Waals surface area contributed by atoms with Crippen LogP contribution in [0.15, 0.2) is 18.2 Å². The molecule has 1 aromatic carbocycles. The lowest BCUT2D eigenvalue weighted by Gasteiger charge is -1.98. The van der Waals surface area contributed by atoms with Gasteiger partial charge >= 0.3 is 0 Å². The Labute approximate surface area is 70.8 Å². The van der Waals surface area contributed by atoms with Crippen LogP contribution in [0.25, 0.3) is 0 Å². The SMILES string of the molecule is CBc1ccc(N)c([N+](=O)[O-])c1. The Hall–Kier alpha value is -1.52. The minimum atomic E-state index is -0.464. The van der Waals surface area contributed by atoms with Crippen molar-refractivity contribution in [1.82, 2.24) is 0 Å². The number of nitrogens with two attached hydrogens (primary N) is 1. The summed E-state index contributed by atoms with van der Waals surface area (Å²) in [5.74, 6) is 0. The molecule has 0 fully saturated rings. The lowest BCUT2D eigenvalue weighted by atomic mass is 9.73. The predicted octanol–water partition coefficient (Wildman–Crippen LogP) is 0.287. The van der Waals surface area contributed by atoms with E-state index in [9.17, 15) is 10.1 Å². The lowest BCUT2D eigenvalue weighted by molar-refractivity contribution is -0.383. The van der Waals surface area contributed by atoms with Crippen molar-refractivity contribution in [3.05, 3.63) is 28.3 Å². The largest absolute Gasteiger partial charge is 0.393 e. The Kier molecular flexibility index (Phi) is 2.33. The summed E-state index contributed by atoms with van der Waals surface area (Å²) in [5.41, 5.74) is 6.54. The van der Waals surface area contributed by atoms with Gasteiger partial charge in [0.1, 0.15) is 5.69 Å². The normalized spacial score (nSPS) is 9.42. The maximum Gasteiger partial charge on any atom is 0.291 e. The molecule has 0 unspecified atom stereocenters.